The first-order valence-electron chi connectivity index (χ1n) is 9.49. The second-order valence-corrected chi connectivity index (χ2v) is 6.89. The predicted octanol–water partition coefficient (Wildman–Crippen LogP) is 4.36. The Morgan fingerprint density at radius 1 is 0.733 bits per heavy atom. The fourth-order valence-electron chi connectivity index (χ4n) is 3.50. The van der Waals surface area contributed by atoms with Crippen LogP contribution in [-0.4, -0.2) is 39.2 Å². The summed E-state index contributed by atoms with van der Waals surface area (Å²) in [6.07, 6.45) is 0. The molecule has 0 spiro atoms. The Morgan fingerprint density at radius 3 is 2.07 bits per heavy atom. The maximum Gasteiger partial charge on any atom is 0.186 e. The second-order valence-electron chi connectivity index (χ2n) is 6.89. The first-order chi connectivity index (χ1) is 14.7. The number of methoxy groups -OCH3 is 2. The SMILES string of the molecule is COc1ccc(-c2ccc3c(C)nc4c(nnn4-c4ccc(OC)cc4)c3n2)cc1. The molecule has 0 fully saturated rings. The number of aryl methyl sites for hydroxylation is 1. The molecule has 0 N–H and O–H groups in total. The van der Waals surface area contributed by atoms with E-state index in [9.17, 15) is 0 Å². The Morgan fingerprint density at radius 2 is 1.40 bits per heavy atom. The summed E-state index contributed by atoms with van der Waals surface area (Å²) in [5, 5.41) is 9.71. The van der Waals surface area contributed by atoms with Gasteiger partial charge in [-0.25, -0.2) is 9.97 Å². The van der Waals surface area contributed by atoms with Gasteiger partial charge in [-0.05, 0) is 67.6 Å². The van der Waals surface area contributed by atoms with Crippen molar-refractivity contribution in [1.82, 2.24) is 25.0 Å². The zero-order chi connectivity index (χ0) is 20.7. The molecule has 7 nitrogen and oxygen atoms in total. The van der Waals surface area contributed by atoms with Crippen LogP contribution in [0.25, 0.3) is 39.0 Å². The van der Waals surface area contributed by atoms with Crippen LogP contribution in [0.5, 0.6) is 11.5 Å². The van der Waals surface area contributed by atoms with Crippen LogP contribution in [0.1, 0.15) is 5.69 Å². The Labute approximate surface area is 172 Å². The van der Waals surface area contributed by atoms with E-state index in [2.05, 4.69) is 10.3 Å². The molecule has 5 aromatic rings. The monoisotopic (exact) mass is 397 g/mol. The average Bonchev–Trinajstić information content (AvgIpc) is 3.23. The minimum absolute atomic E-state index is 0.668. The number of benzene rings is 2. The lowest BCUT2D eigenvalue weighted by atomic mass is 10.1. The summed E-state index contributed by atoms with van der Waals surface area (Å²) in [7, 11) is 3.30. The van der Waals surface area contributed by atoms with E-state index in [0.29, 0.717) is 11.2 Å². The first-order valence-corrected chi connectivity index (χ1v) is 9.49. The van der Waals surface area contributed by atoms with Gasteiger partial charge in [0.1, 0.15) is 17.0 Å². The topological polar surface area (TPSA) is 75.0 Å². The molecule has 0 radical (unpaired) electrons. The standard InChI is InChI=1S/C23H19N5O2/c1-14-19-12-13-20(15-4-8-17(29-2)9-5-15)25-21(19)22-23(24-14)28(27-26-22)16-6-10-18(30-3)11-7-16/h4-13H,1-3H3. The van der Waals surface area contributed by atoms with Crippen LogP contribution < -0.4 is 9.47 Å². The molecule has 5 rings (SSSR count). The molecule has 2 aromatic carbocycles. The molecule has 0 aliphatic heterocycles. The van der Waals surface area contributed by atoms with Crippen molar-refractivity contribution in [3.05, 3.63) is 66.4 Å². The number of hydrogen-bond donors (Lipinski definition) is 0. The molecule has 30 heavy (non-hydrogen) atoms. The van der Waals surface area contributed by atoms with Gasteiger partial charge < -0.3 is 9.47 Å². The summed E-state index contributed by atoms with van der Waals surface area (Å²) >= 11 is 0. The molecule has 7 heteroatoms. The highest BCUT2D eigenvalue weighted by atomic mass is 16.5. The largest absolute Gasteiger partial charge is 0.497 e. The van der Waals surface area contributed by atoms with Gasteiger partial charge in [-0.15, -0.1) is 5.10 Å². The van der Waals surface area contributed by atoms with E-state index in [1.807, 2.05) is 67.6 Å². The quantitative estimate of drug-likeness (QED) is 0.449. The fourth-order valence-corrected chi connectivity index (χ4v) is 3.50. The Balaban J connectivity index is 1.68. The van der Waals surface area contributed by atoms with Crippen molar-refractivity contribution < 1.29 is 9.47 Å². The highest BCUT2D eigenvalue weighted by Gasteiger charge is 2.16. The fraction of sp³-hybridized carbons (Fsp3) is 0.130. The lowest BCUT2D eigenvalue weighted by Gasteiger charge is -2.08. The molecule has 0 unspecified atom stereocenters. The van der Waals surface area contributed by atoms with Gasteiger partial charge >= 0.3 is 0 Å². The Hall–Kier alpha value is -4.00. The number of nitrogens with zero attached hydrogens (tertiary/aromatic N) is 5. The molecule has 0 aliphatic rings. The van der Waals surface area contributed by atoms with Crippen LogP contribution in [0.3, 0.4) is 0 Å². The van der Waals surface area contributed by atoms with Gasteiger partial charge in [-0.2, -0.15) is 4.68 Å². The summed E-state index contributed by atoms with van der Waals surface area (Å²) in [5.41, 5.74) is 5.72. The molecule has 148 valence electrons. The van der Waals surface area contributed by atoms with Gasteiger partial charge in [0.2, 0.25) is 0 Å². The van der Waals surface area contributed by atoms with E-state index in [4.69, 9.17) is 19.4 Å². The lowest BCUT2D eigenvalue weighted by molar-refractivity contribution is 0.414. The number of hydrogen-bond acceptors (Lipinski definition) is 6. The third kappa shape index (κ3) is 2.91. The number of pyridine rings is 2. The van der Waals surface area contributed by atoms with Crippen LogP contribution >= 0.6 is 0 Å². The van der Waals surface area contributed by atoms with Crippen LogP contribution in [0.15, 0.2) is 60.7 Å². The molecule has 0 saturated carbocycles. The van der Waals surface area contributed by atoms with E-state index < -0.39 is 0 Å². The third-order valence-electron chi connectivity index (χ3n) is 5.13. The molecule has 0 atom stereocenters. The molecule has 0 saturated heterocycles. The average molecular weight is 397 g/mol. The summed E-state index contributed by atoms with van der Waals surface area (Å²) in [4.78, 5) is 9.67. The van der Waals surface area contributed by atoms with Crippen molar-refractivity contribution >= 4 is 22.1 Å². The van der Waals surface area contributed by atoms with E-state index in [-0.39, 0.29) is 0 Å². The van der Waals surface area contributed by atoms with E-state index >= 15 is 0 Å². The summed E-state index contributed by atoms with van der Waals surface area (Å²) in [6, 6.07) is 19.5. The molecule has 3 heterocycles. The molecular weight excluding hydrogens is 378 g/mol. The lowest BCUT2D eigenvalue weighted by Crippen LogP contribution is -1.99. The summed E-state index contributed by atoms with van der Waals surface area (Å²) < 4.78 is 12.2. The van der Waals surface area contributed by atoms with E-state index in [0.717, 1.165) is 45.0 Å². The van der Waals surface area contributed by atoms with Crippen molar-refractivity contribution in [2.75, 3.05) is 14.2 Å². The Bertz CT molecular complexity index is 1360. The van der Waals surface area contributed by atoms with Crippen LogP contribution in [0, 0.1) is 6.92 Å². The summed E-state index contributed by atoms with van der Waals surface area (Å²) in [6.45, 7) is 1.97. The van der Waals surface area contributed by atoms with Gasteiger partial charge in [0, 0.05) is 16.6 Å². The van der Waals surface area contributed by atoms with Crippen LogP contribution in [0.2, 0.25) is 0 Å². The minimum atomic E-state index is 0.668. The van der Waals surface area contributed by atoms with Crippen molar-refractivity contribution in [3.8, 4) is 28.4 Å². The van der Waals surface area contributed by atoms with Gasteiger partial charge in [-0.3, -0.25) is 0 Å². The minimum Gasteiger partial charge on any atom is -0.497 e. The molecule has 0 bridgehead atoms. The van der Waals surface area contributed by atoms with Crippen molar-refractivity contribution in [3.63, 3.8) is 0 Å². The maximum atomic E-state index is 5.25. The molecule has 0 aliphatic carbocycles. The smallest absolute Gasteiger partial charge is 0.186 e. The molecular formula is C23H19N5O2. The molecule has 0 amide bonds. The third-order valence-corrected chi connectivity index (χ3v) is 5.13. The highest BCUT2D eigenvalue weighted by molar-refractivity contribution is 6.01. The van der Waals surface area contributed by atoms with Crippen molar-refractivity contribution in [2.24, 2.45) is 0 Å². The summed E-state index contributed by atoms with van der Waals surface area (Å²) in [5.74, 6) is 1.59. The highest BCUT2D eigenvalue weighted by Crippen LogP contribution is 2.28. The van der Waals surface area contributed by atoms with Gasteiger partial charge in [0.15, 0.2) is 11.2 Å². The molecule has 3 aromatic heterocycles. The number of aromatic nitrogens is 5. The maximum absolute atomic E-state index is 5.25. The predicted molar refractivity (Wildman–Crippen MR) is 115 cm³/mol. The zero-order valence-electron chi connectivity index (χ0n) is 16.8. The van der Waals surface area contributed by atoms with E-state index in [1.165, 1.54) is 0 Å². The number of ether oxygens (including phenoxy) is 2. The van der Waals surface area contributed by atoms with Gasteiger partial charge in [-0.1, -0.05) is 5.21 Å². The van der Waals surface area contributed by atoms with Gasteiger partial charge in [0.25, 0.3) is 0 Å². The van der Waals surface area contributed by atoms with Crippen molar-refractivity contribution in [2.45, 2.75) is 6.92 Å². The number of rotatable bonds is 4. The van der Waals surface area contributed by atoms with E-state index in [1.54, 1.807) is 18.9 Å². The zero-order valence-corrected chi connectivity index (χ0v) is 16.8. The van der Waals surface area contributed by atoms with Crippen LogP contribution in [0.4, 0.5) is 0 Å². The number of fused-ring (bicyclic) bond motifs is 3. The first kappa shape index (κ1) is 18.1. The van der Waals surface area contributed by atoms with Crippen molar-refractivity contribution in [1.29, 1.82) is 0 Å². The van der Waals surface area contributed by atoms with Crippen LogP contribution in [-0.2, 0) is 0 Å². The normalized spacial score (nSPS) is 11.2. The Kier molecular flexibility index (Phi) is 4.28. The van der Waals surface area contributed by atoms with Gasteiger partial charge in [0.05, 0.1) is 25.6 Å². The second kappa shape index (κ2) is 7.11.